The standard InChI is InChI=1S/C34H39N3O6/c1-5-34(2,3)43-33(40)37-18-17-22(19-25(37)13-16-28(38)39)20-27-30-29(23-11-14-26(41-4)15-12-23)31(24-9-7-6-8-10-24)42-32(30)36-21-35-27/h6-12,14-15,21-22,25H,5,13,16-20H2,1-4H3,(H,38,39)/t22-,25-/m1/s1. The summed E-state index contributed by atoms with van der Waals surface area (Å²) in [7, 11) is 1.64. The van der Waals surface area contributed by atoms with Crippen LogP contribution in [0.15, 0.2) is 65.3 Å². The number of rotatable bonds is 10. The fourth-order valence-electron chi connectivity index (χ4n) is 5.74. The van der Waals surface area contributed by atoms with Gasteiger partial charge in [-0.2, -0.15) is 0 Å². The number of carbonyl (C=O) groups is 2. The fourth-order valence-corrected chi connectivity index (χ4v) is 5.74. The van der Waals surface area contributed by atoms with Crippen molar-refractivity contribution >= 4 is 23.2 Å². The van der Waals surface area contributed by atoms with Crippen LogP contribution in [-0.2, 0) is 16.0 Å². The Kier molecular flexibility index (Phi) is 8.99. The SMILES string of the molecule is CCC(C)(C)OC(=O)N1CC[C@@H](Cc2ncnc3oc(-c4ccccc4)c(-c4ccc(OC)cc4)c23)C[C@H]1CCC(=O)O. The number of carboxylic acid groups (broad SMARTS) is 1. The number of fused-ring (bicyclic) bond motifs is 1. The summed E-state index contributed by atoms with van der Waals surface area (Å²) >= 11 is 0. The van der Waals surface area contributed by atoms with E-state index in [1.54, 1.807) is 12.0 Å². The van der Waals surface area contributed by atoms with Crippen molar-refractivity contribution in [3.8, 4) is 28.2 Å². The van der Waals surface area contributed by atoms with Gasteiger partial charge in [0.15, 0.2) is 0 Å². The zero-order valence-electron chi connectivity index (χ0n) is 25.2. The summed E-state index contributed by atoms with van der Waals surface area (Å²) in [5.74, 6) is 0.781. The lowest BCUT2D eigenvalue weighted by atomic mass is 9.84. The summed E-state index contributed by atoms with van der Waals surface area (Å²) in [6.45, 7) is 6.25. The van der Waals surface area contributed by atoms with Crippen LogP contribution < -0.4 is 4.74 Å². The second kappa shape index (κ2) is 12.9. The van der Waals surface area contributed by atoms with Gasteiger partial charge in [-0.05, 0) is 69.6 Å². The number of nitrogens with zero attached hydrogens (tertiary/aromatic N) is 3. The molecule has 9 heteroatoms. The van der Waals surface area contributed by atoms with Crippen LogP contribution in [0.2, 0.25) is 0 Å². The monoisotopic (exact) mass is 585 g/mol. The molecule has 0 radical (unpaired) electrons. The van der Waals surface area contributed by atoms with Gasteiger partial charge in [0.25, 0.3) is 0 Å². The third-order valence-electron chi connectivity index (χ3n) is 8.43. The summed E-state index contributed by atoms with van der Waals surface area (Å²) in [5.41, 5.74) is 3.61. The summed E-state index contributed by atoms with van der Waals surface area (Å²) in [5, 5.41) is 10.3. The van der Waals surface area contributed by atoms with Gasteiger partial charge in [0.05, 0.1) is 18.2 Å². The molecule has 1 aliphatic heterocycles. The van der Waals surface area contributed by atoms with Crippen LogP contribution in [0, 0.1) is 5.92 Å². The van der Waals surface area contributed by atoms with Crippen molar-refractivity contribution in [1.29, 1.82) is 0 Å². The number of furan rings is 1. The molecule has 3 heterocycles. The highest BCUT2D eigenvalue weighted by Gasteiger charge is 2.36. The summed E-state index contributed by atoms with van der Waals surface area (Å²) in [4.78, 5) is 35.6. The number of hydrogen-bond acceptors (Lipinski definition) is 7. The molecule has 43 heavy (non-hydrogen) atoms. The highest BCUT2D eigenvalue weighted by Crippen LogP contribution is 2.42. The van der Waals surface area contributed by atoms with Gasteiger partial charge >= 0.3 is 12.1 Å². The van der Waals surface area contributed by atoms with E-state index < -0.39 is 11.6 Å². The predicted molar refractivity (Wildman–Crippen MR) is 164 cm³/mol. The minimum absolute atomic E-state index is 0.0140. The van der Waals surface area contributed by atoms with E-state index in [-0.39, 0.29) is 24.5 Å². The van der Waals surface area contributed by atoms with E-state index in [0.717, 1.165) is 45.7 Å². The quantitative estimate of drug-likeness (QED) is 0.205. The number of benzene rings is 2. The van der Waals surface area contributed by atoms with Crippen LogP contribution in [-0.4, -0.2) is 57.3 Å². The largest absolute Gasteiger partial charge is 0.497 e. The van der Waals surface area contributed by atoms with Crippen molar-refractivity contribution in [3.05, 3.63) is 66.6 Å². The van der Waals surface area contributed by atoms with Crippen LogP contribution in [0.4, 0.5) is 4.79 Å². The number of ether oxygens (including phenoxy) is 2. The molecule has 5 rings (SSSR count). The number of likely N-dealkylation sites (tertiary alicyclic amines) is 1. The fraction of sp³-hybridized carbons (Fsp3) is 0.412. The van der Waals surface area contributed by atoms with Crippen LogP contribution in [0.1, 0.15) is 58.6 Å². The molecular weight excluding hydrogens is 546 g/mol. The van der Waals surface area contributed by atoms with E-state index in [9.17, 15) is 14.7 Å². The smallest absolute Gasteiger partial charge is 0.410 e. The highest BCUT2D eigenvalue weighted by molar-refractivity contribution is 6.01. The van der Waals surface area contributed by atoms with Gasteiger partial charge in [-0.25, -0.2) is 14.8 Å². The predicted octanol–water partition coefficient (Wildman–Crippen LogP) is 7.38. The number of carboxylic acids is 1. The first-order chi connectivity index (χ1) is 20.7. The molecule has 0 saturated carbocycles. The normalized spacial score (nSPS) is 17.2. The molecule has 1 N–H and O–H groups in total. The average molecular weight is 586 g/mol. The van der Waals surface area contributed by atoms with E-state index in [2.05, 4.69) is 4.98 Å². The lowest BCUT2D eigenvalue weighted by molar-refractivity contribution is -0.137. The zero-order valence-corrected chi connectivity index (χ0v) is 25.2. The van der Waals surface area contributed by atoms with Gasteiger partial charge in [-0.15, -0.1) is 0 Å². The van der Waals surface area contributed by atoms with Gasteiger partial charge in [-0.1, -0.05) is 49.4 Å². The Balaban J connectivity index is 1.49. The maximum absolute atomic E-state index is 13.2. The van der Waals surface area contributed by atoms with Gasteiger partial charge in [0, 0.05) is 30.1 Å². The molecule has 4 aromatic rings. The molecule has 1 fully saturated rings. The molecule has 2 aromatic heterocycles. The van der Waals surface area contributed by atoms with E-state index in [4.69, 9.17) is 18.9 Å². The molecule has 2 aromatic carbocycles. The minimum atomic E-state index is -0.877. The first-order valence-corrected chi connectivity index (χ1v) is 14.9. The maximum atomic E-state index is 13.2. The Hall–Kier alpha value is -4.40. The van der Waals surface area contributed by atoms with Crippen molar-refractivity contribution in [2.24, 2.45) is 5.92 Å². The molecule has 1 saturated heterocycles. The molecule has 0 bridgehead atoms. The first kappa shape index (κ1) is 30.1. The minimum Gasteiger partial charge on any atom is -0.497 e. The van der Waals surface area contributed by atoms with Crippen LogP contribution in [0.25, 0.3) is 33.6 Å². The molecule has 1 aliphatic rings. The zero-order chi connectivity index (χ0) is 30.6. The van der Waals surface area contributed by atoms with Gasteiger partial charge in [-0.3, -0.25) is 4.79 Å². The molecule has 0 spiro atoms. The molecule has 2 atom stereocenters. The molecule has 0 aliphatic carbocycles. The van der Waals surface area contributed by atoms with E-state index in [1.165, 1.54) is 6.33 Å². The molecular formula is C34H39N3O6. The van der Waals surface area contributed by atoms with Crippen LogP contribution in [0.5, 0.6) is 5.75 Å². The summed E-state index contributed by atoms with van der Waals surface area (Å²) in [6.07, 6.45) is 4.24. The molecule has 226 valence electrons. The Morgan fingerprint density at radius 1 is 1.07 bits per heavy atom. The number of methoxy groups -OCH3 is 1. The Morgan fingerprint density at radius 2 is 1.81 bits per heavy atom. The molecule has 1 amide bonds. The van der Waals surface area contributed by atoms with Crippen molar-refractivity contribution in [2.45, 2.75) is 70.9 Å². The van der Waals surface area contributed by atoms with Crippen molar-refractivity contribution in [1.82, 2.24) is 14.9 Å². The van der Waals surface area contributed by atoms with Crippen molar-refractivity contribution in [2.75, 3.05) is 13.7 Å². The Labute approximate surface area is 251 Å². The van der Waals surface area contributed by atoms with Crippen LogP contribution in [0.3, 0.4) is 0 Å². The number of aromatic nitrogens is 2. The third-order valence-corrected chi connectivity index (χ3v) is 8.43. The first-order valence-electron chi connectivity index (χ1n) is 14.9. The molecule has 0 unspecified atom stereocenters. The van der Waals surface area contributed by atoms with Crippen LogP contribution >= 0.6 is 0 Å². The van der Waals surface area contributed by atoms with E-state index >= 15 is 0 Å². The number of amides is 1. The number of hydrogen-bond donors (Lipinski definition) is 1. The maximum Gasteiger partial charge on any atom is 0.410 e. The topological polar surface area (TPSA) is 115 Å². The number of carbonyl (C=O) groups excluding carboxylic acids is 1. The summed E-state index contributed by atoms with van der Waals surface area (Å²) < 4.78 is 17.6. The van der Waals surface area contributed by atoms with Crippen molar-refractivity contribution < 1.29 is 28.6 Å². The second-order valence-electron chi connectivity index (χ2n) is 11.8. The van der Waals surface area contributed by atoms with Crippen molar-refractivity contribution in [3.63, 3.8) is 0 Å². The second-order valence-corrected chi connectivity index (χ2v) is 11.8. The highest BCUT2D eigenvalue weighted by atomic mass is 16.6. The number of aliphatic carboxylic acids is 1. The summed E-state index contributed by atoms with van der Waals surface area (Å²) in [6, 6.07) is 17.6. The Morgan fingerprint density at radius 3 is 2.49 bits per heavy atom. The van der Waals surface area contributed by atoms with Gasteiger partial charge in [0.1, 0.15) is 23.4 Å². The van der Waals surface area contributed by atoms with E-state index in [1.807, 2.05) is 75.4 Å². The average Bonchev–Trinajstić information content (AvgIpc) is 3.41. The number of piperidine rings is 1. The Bertz CT molecular complexity index is 1560. The van der Waals surface area contributed by atoms with Gasteiger partial charge in [0.2, 0.25) is 5.71 Å². The third kappa shape index (κ3) is 6.82. The lowest BCUT2D eigenvalue weighted by Crippen LogP contribution is -2.48. The molecule has 9 nitrogen and oxygen atoms in total. The van der Waals surface area contributed by atoms with E-state index in [0.29, 0.717) is 37.9 Å². The van der Waals surface area contributed by atoms with Gasteiger partial charge < -0.3 is 23.9 Å². The lowest BCUT2D eigenvalue weighted by Gasteiger charge is -2.40.